The van der Waals surface area contributed by atoms with Gasteiger partial charge in [-0.05, 0) is 0 Å². The summed E-state index contributed by atoms with van der Waals surface area (Å²) in [6.45, 7) is 13.9. The van der Waals surface area contributed by atoms with Crippen LogP contribution in [0.4, 0.5) is 0 Å². The minimum Gasteiger partial charge on any atom is -0.147 e. The molecule has 5 heteroatoms. The summed E-state index contributed by atoms with van der Waals surface area (Å²) in [4.78, 5) is 0. The van der Waals surface area contributed by atoms with E-state index >= 15 is 0 Å². The van der Waals surface area contributed by atoms with E-state index in [9.17, 15) is 0 Å². The molecule has 1 rings (SSSR count). The maximum Gasteiger partial charge on any atom is -0.147 e. The Morgan fingerprint density at radius 3 is 1.67 bits per heavy atom. The summed E-state index contributed by atoms with van der Waals surface area (Å²) in [6, 6.07) is 0. The van der Waals surface area contributed by atoms with Gasteiger partial charge in [0, 0.05) is 0 Å². The quantitative estimate of drug-likeness (QED) is 0.635. The largest absolute Gasteiger partial charge is 0.147 e. The molecule has 0 saturated heterocycles. The number of allylic oxidation sites excluding steroid dienone is 4. The molecule has 0 aromatic carbocycles. The van der Waals surface area contributed by atoms with Crippen LogP contribution in [-0.2, 0) is 12.3 Å². The third kappa shape index (κ3) is 5.22. The van der Waals surface area contributed by atoms with Crippen molar-refractivity contribution in [3.63, 3.8) is 0 Å². The third-order valence-electron chi connectivity index (χ3n) is 4.49. The zero-order valence-electron chi connectivity index (χ0n) is 16.0. The van der Waals surface area contributed by atoms with Crippen LogP contribution in [0.25, 0.3) is 0 Å². The van der Waals surface area contributed by atoms with Crippen LogP contribution >= 0.6 is 24.8 Å². The Balaban J connectivity index is 0. The van der Waals surface area contributed by atoms with Crippen LogP contribution in [0, 0.1) is 5.92 Å². The van der Waals surface area contributed by atoms with Crippen molar-refractivity contribution in [2.45, 2.75) is 68.0 Å². The van der Waals surface area contributed by atoms with Crippen LogP contribution in [0.2, 0.25) is 20.9 Å². The smallest absolute Gasteiger partial charge is 0.147 e. The zero-order valence-corrected chi connectivity index (χ0v) is 21.2. The first-order valence-corrected chi connectivity index (χ1v) is 21.2. The van der Waals surface area contributed by atoms with E-state index in [-0.39, 0.29) is 30.4 Å². The second-order valence-electron chi connectivity index (χ2n) is 12.7. The Labute approximate surface area is 143 Å². The molecular weight excluding hydrogens is 353 g/mol. The van der Waals surface area contributed by atoms with Crippen molar-refractivity contribution in [3.05, 3.63) is 21.1 Å². The number of rotatable bonds is 2. The first-order chi connectivity index (χ1) is 7.78. The molecule has 1 unspecified atom stereocenters. The molecule has 0 radical (unpaired) electrons. The van der Waals surface area contributed by atoms with Gasteiger partial charge in [-0.25, -0.2) is 0 Å². The molecule has 1 aliphatic carbocycles. The van der Waals surface area contributed by atoms with Crippen molar-refractivity contribution in [2.75, 3.05) is 0 Å². The van der Waals surface area contributed by atoms with Crippen molar-refractivity contribution in [1.29, 1.82) is 0 Å². The summed E-state index contributed by atoms with van der Waals surface area (Å²) in [7, 11) is 1.19. The Morgan fingerprint density at radius 2 is 1.43 bits per heavy atom. The fourth-order valence-electron chi connectivity index (χ4n) is 5.55. The van der Waals surface area contributed by atoms with Gasteiger partial charge in [0.2, 0.25) is 0 Å². The van der Waals surface area contributed by atoms with Gasteiger partial charge < -0.3 is 0 Å². The molecule has 129 valence electrons. The minimum atomic E-state index is -3.79. The first kappa shape index (κ1) is 24.2. The number of hydrogen-bond acceptors (Lipinski definition) is 1. The van der Waals surface area contributed by atoms with E-state index in [4.69, 9.17) is 0 Å². The molecule has 0 amide bonds. The fraction of sp³-hybridized carbons (Fsp3) is 0.750. The molecule has 0 aromatic rings. The maximum atomic E-state index is 4.20. The van der Waals surface area contributed by atoms with Crippen molar-refractivity contribution >= 4 is 32.9 Å². The second kappa shape index (κ2) is 4.74. The molecule has 21 heavy (non-hydrogen) atoms. The van der Waals surface area contributed by atoms with E-state index in [2.05, 4.69) is 72.3 Å². The van der Waals surface area contributed by atoms with Gasteiger partial charge in [-0.3, -0.25) is 0 Å². The molecule has 0 aromatic heterocycles. The Hall–Kier alpha value is 0.951. The number of nitrogens with one attached hydrogen (secondary N) is 1. The summed E-state index contributed by atoms with van der Waals surface area (Å²) >= 11 is -3.79. The van der Waals surface area contributed by atoms with E-state index in [0.717, 1.165) is 0 Å². The van der Waals surface area contributed by atoms with Crippen molar-refractivity contribution in [2.24, 2.45) is 5.92 Å². The Morgan fingerprint density at radius 1 is 1.05 bits per heavy atom. The van der Waals surface area contributed by atoms with E-state index in [1.54, 1.807) is 9.45 Å². The first-order valence-electron chi connectivity index (χ1n) is 7.74. The van der Waals surface area contributed by atoms with Crippen molar-refractivity contribution in [3.8, 4) is 0 Å². The maximum absolute atomic E-state index is 4.20. The van der Waals surface area contributed by atoms with Gasteiger partial charge in [0.05, 0.1) is 0 Å². The van der Waals surface area contributed by atoms with Gasteiger partial charge in [0.25, 0.3) is 0 Å². The molecule has 0 heterocycles. The van der Waals surface area contributed by atoms with Crippen LogP contribution in [0.15, 0.2) is 21.1 Å². The van der Waals surface area contributed by atoms with Crippen LogP contribution in [0.5, 0.6) is 0 Å². The summed E-state index contributed by atoms with van der Waals surface area (Å²) in [5, 5.41) is 10.4. The van der Waals surface area contributed by atoms with Gasteiger partial charge in [-0.15, -0.1) is 24.8 Å². The molecule has 0 spiro atoms. The number of hydrogen-bond donors (Lipinski definition) is 1. The molecule has 1 atom stereocenters. The predicted octanol–water partition coefficient (Wildman–Crippen LogP) is 5.24. The Bertz CT molecular complexity index is 511. The van der Waals surface area contributed by atoms with E-state index < -0.39 is 12.3 Å². The van der Waals surface area contributed by atoms with Gasteiger partial charge in [-0.2, -0.15) is 0 Å². The van der Waals surface area contributed by atoms with Crippen LogP contribution < -0.4 is 3.80 Å². The number of halogens is 2. The van der Waals surface area contributed by atoms with E-state index in [1.807, 2.05) is 0 Å². The molecule has 0 bridgehead atoms. The second-order valence-corrected chi connectivity index (χ2v) is 58.3. The monoisotopic (exact) mass is 390 g/mol. The molecule has 0 saturated carbocycles. The average molecular weight is 391 g/mol. The van der Waals surface area contributed by atoms with Crippen LogP contribution in [0.1, 0.15) is 41.5 Å². The molecule has 1 aliphatic rings. The summed E-state index contributed by atoms with van der Waals surface area (Å²) in [5.41, 5.74) is 3.17. The summed E-state index contributed by atoms with van der Waals surface area (Å²) in [6.07, 6.45) is 2.45. The van der Waals surface area contributed by atoms with Gasteiger partial charge in [0.1, 0.15) is 0 Å². The van der Waals surface area contributed by atoms with E-state index in [1.165, 1.54) is 13.7 Å². The standard InChI is InChI=1S/C8H11.C4H10N.4CH3.2ClH.H3Si.Ti/c1-6-4-7(2)8(3)5-6;1-4(2,3)5;;;;;;;;/h4,6H,1-3H3;5H,1-3H3;4*1H3;2*1H;1H3;/q;-1;;;;;;;;+1. The minimum absolute atomic E-state index is 0. The molecule has 0 fully saturated rings. The van der Waals surface area contributed by atoms with Crippen LogP contribution in [0.3, 0.4) is 0 Å². The molecular formula is C16H38Cl2NSiTi. The van der Waals surface area contributed by atoms with E-state index in [0.29, 0.717) is 5.92 Å². The van der Waals surface area contributed by atoms with Gasteiger partial charge in [-0.1, -0.05) is 0 Å². The fourth-order valence-corrected chi connectivity index (χ4v) is 26.3. The topological polar surface area (TPSA) is 12.0 Å². The van der Waals surface area contributed by atoms with Crippen LogP contribution in [-0.4, -0.2) is 13.6 Å². The normalized spacial score (nSPS) is 25.0. The molecule has 1 nitrogen and oxygen atoms in total. The summed E-state index contributed by atoms with van der Waals surface area (Å²) in [5.74, 6) is 0.577. The third-order valence-corrected chi connectivity index (χ3v) is 17.0. The van der Waals surface area contributed by atoms with Gasteiger partial charge >= 0.3 is 119 Å². The summed E-state index contributed by atoms with van der Waals surface area (Å²) < 4.78 is 5.93. The van der Waals surface area contributed by atoms with Crippen molar-refractivity contribution in [1.82, 2.24) is 3.80 Å². The zero-order chi connectivity index (χ0) is 15.6. The predicted molar refractivity (Wildman–Crippen MR) is 106 cm³/mol. The van der Waals surface area contributed by atoms with Gasteiger partial charge in [0.15, 0.2) is 0 Å². The SMILES string of the molecule is CC1=CC(C)[C]([Ti]([CH3])([CH3])([CH3])([CH3])([SiH3])[NH]C(C)(C)C)=C1C.Cl.Cl. The Kier molecular flexibility index (Phi) is 5.46. The average Bonchev–Trinajstić information content (AvgIpc) is 2.16. The van der Waals surface area contributed by atoms with Crippen molar-refractivity contribution < 1.29 is 12.3 Å². The molecule has 1 N–H and O–H groups in total. The molecule has 0 aliphatic heterocycles.